The smallest absolute Gasteiger partial charge is 0.277 e. The van der Waals surface area contributed by atoms with Crippen LogP contribution in [0.4, 0.5) is 5.82 Å². The standard InChI is InChI=1S/C15H15N5O2/c1-3-9-8-12(17-10-4-6-16-15(22)13(9)10)18-14(21)11-5-7-20(2)19-11/h4-8H,3H2,1-2H3,(H,16,22)(H,17,18,21). The Bertz CT molecular complexity index is 910. The first-order valence-corrected chi connectivity index (χ1v) is 6.91. The van der Waals surface area contributed by atoms with Gasteiger partial charge in [0.15, 0.2) is 5.69 Å². The van der Waals surface area contributed by atoms with E-state index >= 15 is 0 Å². The van der Waals surface area contributed by atoms with Crippen LogP contribution in [0.25, 0.3) is 10.9 Å². The van der Waals surface area contributed by atoms with E-state index in [0.717, 1.165) is 5.56 Å². The molecular formula is C15H15N5O2. The van der Waals surface area contributed by atoms with Crippen LogP contribution in [0.15, 0.2) is 35.4 Å². The van der Waals surface area contributed by atoms with Gasteiger partial charge in [-0.05, 0) is 30.2 Å². The van der Waals surface area contributed by atoms with Gasteiger partial charge >= 0.3 is 0 Å². The van der Waals surface area contributed by atoms with Gasteiger partial charge in [-0.25, -0.2) is 4.98 Å². The molecule has 0 aliphatic heterocycles. The third kappa shape index (κ3) is 2.48. The SMILES string of the molecule is CCc1cc(NC(=O)c2ccn(C)n2)nc2cc[nH]c(=O)c12. The van der Waals surface area contributed by atoms with Crippen molar-refractivity contribution in [1.29, 1.82) is 0 Å². The molecule has 7 nitrogen and oxygen atoms in total. The largest absolute Gasteiger partial charge is 0.328 e. The Kier molecular flexibility index (Phi) is 3.46. The fourth-order valence-corrected chi connectivity index (χ4v) is 2.33. The van der Waals surface area contributed by atoms with Crippen molar-refractivity contribution in [2.24, 2.45) is 7.05 Å². The number of aryl methyl sites for hydroxylation is 2. The maximum absolute atomic E-state index is 12.1. The molecule has 3 aromatic rings. The Hall–Kier alpha value is -2.96. The fraction of sp³-hybridized carbons (Fsp3) is 0.200. The number of carbonyl (C=O) groups excluding carboxylic acids is 1. The van der Waals surface area contributed by atoms with Crippen molar-refractivity contribution >= 4 is 22.6 Å². The van der Waals surface area contributed by atoms with Gasteiger partial charge in [0, 0.05) is 19.4 Å². The zero-order valence-corrected chi connectivity index (χ0v) is 12.3. The number of nitrogens with zero attached hydrogens (tertiary/aromatic N) is 3. The highest BCUT2D eigenvalue weighted by atomic mass is 16.2. The van der Waals surface area contributed by atoms with E-state index < -0.39 is 0 Å². The van der Waals surface area contributed by atoms with Gasteiger partial charge in [-0.1, -0.05) is 6.92 Å². The number of aromatic amines is 1. The summed E-state index contributed by atoms with van der Waals surface area (Å²) in [5, 5.41) is 7.32. The van der Waals surface area contributed by atoms with E-state index in [4.69, 9.17) is 0 Å². The normalized spacial score (nSPS) is 10.8. The van der Waals surface area contributed by atoms with Crippen LogP contribution in [0.5, 0.6) is 0 Å². The van der Waals surface area contributed by atoms with Crippen LogP contribution >= 0.6 is 0 Å². The Balaban J connectivity index is 2.01. The topological polar surface area (TPSA) is 92.7 Å². The lowest BCUT2D eigenvalue weighted by atomic mass is 10.1. The van der Waals surface area contributed by atoms with E-state index in [1.165, 1.54) is 0 Å². The molecule has 0 bridgehead atoms. The molecule has 2 N–H and O–H groups in total. The molecule has 0 saturated heterocycles. The number of fused-ring (bicyclic) bond motifs is 1. The number of carbonyl (C=O) groups is 1. The highest BCUT2D eigenvalue weighted by molar-refractivity contribution is 6.02. The Morgan fingerprint density at radius 1 is 1.41 bits per heavy atom. The molecule has 0 aromatic carbocycles. The highest BCUT2D eigenvalue weighted by Gasteiger charge is 2.13. The average molecular weight is 297 g/mol. The van der Waals surface area contributed by atoms with Gasteiger partial charge in [-0.2, -0.15) is 5.10 Å². The fourth-order valence-electron chi connectivity index (χ4n) is 2.33. The van der Waals surface area contributed by atoms with E-state index in [2.05, 4.69) is 20.4 Å². The summed E-state index contributed by atoms with van der Waals surface area (Å²) in [6.45, 7) is 1.95. The van der Waals surface area contributed by atoms with Crippen molar-refractivity contribution in [1.82, 2.24) is 19.7 Å². The molecule has 0 spiro atoms. The van der Waals surface area contributed by atoms with Crippen molar-refractivity contribution in [3.05, 3.63) is 52.2 Å². The van der Waals surface area contributed by atoms with E-state index in [0.29, 0.717) is 28.8 Å². The first kappa shape index (κ1) is 14.0. The zero-order valence-electron chi connectivity index (χ0n) is 12.3. The predicted octanol–water partition coefficient (Wildman–Crippen LogP) is 1.47. The van der Waals surface area contributed by atoms with Crippen LogP contribution in [0.1, 0.15) is 23.0 Å². The molecular weight excluding hydrogens is 282 g/mol. The Labute approximate surface area is 126 Å². The lowest BCUT2D eigenvalue weighted by Gasteiger charge is -2.08. The maximum atomic E-state index is 12.1. The Morgan fingerprint density at radius 2 is 2.23 bits per heavy atom. The second-order valence-corrected chi connectivity index (χ2v) is 4.92. The number of aromatic nitrogens is 4. The monoisotopic (exact) mass is 297 g/mol. The zero-order chi connectivity index (χ0) is 15.7. The van der Waals surface area contributed by atoms with E-state index in [9.17, 15) is 9.59 Å². The molecule has 0 atom stereocenters. The number of anilines is 1. The molecule has 112 valence electrons. The van der Waals surface area contributed by atoms with Gasteiger partial charge in [0.2, 0.25) is 0 Å². The van der Waals surface area contributed by atoms with Gasteiger partial charge in [-0.3, -0.25) is 14.3 Å². The summed E-state index contributed by atoms with van der Waals surface area (Å²) >= 11 is 0. The van der Waals surface area contributed by atoms with Gasteiger partial charge < -0.3 is 10.3 Å². The molecule has 7 heteroatoms. The third-order valence-corrected chi connectivity index (χ3v) is 3.38. The quantitative estimate of drug-likeness (QED) is 0.765. The molecule has 3 heterocycles. The number of hydrogen-bond donors (Lipinski definition) is 2. The molecule has 0 aliphatic rings. The minimum atomic E-state index is -0.334. The van der Waals surface area contributed by atoms with Crippen LogP contribution < -0.4 is 10.9 Å². The molecule has 3 aromatic heterocycles. The molecule has 0 aliphatic carbocycles. The summed E-state index contributed by atoms with van der Waals surface area (Å²) in [5.74, 6) is 0.0740. The van der Waals surface area contributed by atoms with Gasteiger partial charge in [0.1, 0.15) is 5.82 Å². The minimum absolute atomic E-state index is 0.176. The molecule has 22 heavy (non-hydrogen) atoms. The number of H-pyrrole nitrogens is 1. The summed E-state index contributed by atoms with van der Waals surface area (Å²) in [6, 6.07) is 5.06. The van der Waals surface area contributed by atoms with Gasteiger partial charge in [-0.15, -0.1) is 0 Å². The molecule has 0 fully saturated rings. The maximum Gasteiger partial charge on any atom is 0.277 e. The number of hydrogen-bond acceptors (Lipinski definition) is 4. The van der Waals surface area contributed by atoms with Crippen LogP contribution in [-0.4, -0.2) is 25.7 Å². The van der Waals surface area contributed by atoms with Crippen molar-refractivity contribution in [3.63, 3.8) is 0 Å². The Morgan fingerprint density at radius 3 is 2.91 bits per heavy atom. The average Bonchev–Trinajstić information content (AvgIpc) is 2.93. The lowest BCUT2D eigenvalue weighted by Crippen LogP contribution is -2.15. The van der Waals surface area contributed by atoms with Crippen molar-refractivity contribution in [2.45, 2.75) is 13.3 Å². The van der Waals surface area contributed by atoms with Gasteiger partial charge in [0.05, 0.1) is 10.9 Å². The van der Waals surface area contributed by atoms with Crippen LogP contribution in [-0.2, 0) is 13.5 Å². The predicted molar refractivity (Wildman–Crippen MR) is 82.9 cm³/mol. The second kappa shape index (κ2) is 5.44. The van der Waals surface area contributed by atoms with Crippen LogP contribution in [0.2, 0.25) is 0 Å². The highest BCUT2D eigenvalue weighted by Crippen LogP contribution is 2.18. The summed E-state index contributed by atoms with van der Waals surface area (Å²) in [5.41, 5.74) is 1.53. The van der Waals surface area contributed by atoms with E-state index in [-0.39, 0.29) is 11.5 Å². The second-order valence-electron chi connectivity index (χ2n) is 4.92. The van der Waals surface area contributed by atoms with E-state index in [1.54, 1.807) is 42.3 Å². The molecule has 0 saturated carbocycles. The summed E-state index contributed by atoms with van der Waals surface area (Å²) in [7, 11) is 1.74. The number of amides is 1. The van der Waals surface area contributed by atoms with Crippen molar-refractivity contribution in [2.75, 3.05) is 5.32 Å². The van der Waals surface area contributed by atoms with Crippen molar-refractivity contribution in [3.8, 4) is 0 Å². The van der Waals surface area contributed by atoms with E-state index in [1.807, 2.05) is 6.92 Å². The lowest BCUT2D eigenvalue weighted by molar-refractivity contribution is 0.102. The molecule has 1 amide bonds. The number of rotatable bonds is 3. The van der Waals surface area contributed by atoms with Crippen LogP contribution in [0, 0.1) is 0 Å². The minimum Gasteiger partial charge on any atom is -0.328 e. The van der Waals surface area contributed by atoms with Crippen molar-refractivity contribution < 1.29 is 4.79 Å². The summed E-state index contributed by atoms with van der Waals surface area (Å²) in [4.78, 5) is 31.0. The number of nitrogens with one attached hydrogen (secondary N) is 2. The molecule has 0 unspecified atom stereocenters. The van der Waals surface area contributed by atoms with Gasteiger partial charge in [0.25, 0.3) is 11.5 Å². The molecule has 3 rings (SSSR count). The molecule has 0 radical (unpaired) electrons. The first-order valence-electron chi connectivity index (χ1n) is 6.91. The first-order chi connectivity index (χ1) is 10.6. The third-order valence-electron chi connectivity index (χ3n) is 3.38. The number of pyridine rings is 2. The summed E-state index contributed by atoms with van der Waals surface area (Å²) in [6.07, 6.45) is 3.90. The summed E-state index contributed by atoms with van der Waals surface area (Å²) < 4.78 is 1.56. The van der Waals surface area contributed by atoms with Crippen LogP contribution in [0.3, 0.4) is 0 Å².